The van der Waals surface area contributed by atoms with Crippen molar-refractivity contribution >= 4 is 34.3 Å². The maximum atomic E-state index is 11.5. The fraction of sp³-hybridized carbons (Fsp3) is 0.235. The molecule has 0 aromatic heterocycles. The molecule has 2 amide bonds. The van der Waals surface area contributed by atoms with Crippen LogP contribution in [0.15, 0.2) is 36.4 Å². The molecule has 0 radical (unpaired) electrons. The second-order valence-corrected chi connectivity index (χ2v) is 6.19. The highest BCUT2D eigenvalue weighted by Gasteiger charge is 2.10. The van der Waals surface area contributed by atoms with Gasteiger partial charge in [0.05, 0.1) is 5.69 Å². The highest BCUT2D eigenvalue weighted by atomic mass is 127. The van der Waals surface area contributed by atoms with Crippen molar-refractivity contribution in [2.75, 3.05) is 12.4 Å². The maximum Gasteiger partial charge on any atom is 0.318 e. The minimum Gasteiger partial charge on any atom is -0.489 e. The second kappa shape index (κ2) is 7.49. The Labute approximate surface area is 144 Å². The van der Waals surface area contributed by atoms with E-state index >= 15 is 0 Å². The van der Waals surface area contributed by atoms with E-state index in [0.29, 0.717) is 6.61 Å². The maximum absolute atomic E-state index is 11.5. The first-order valence-corrected chi connectivity index (χ1v) is 8.05. The zero-order valence-corrected chi connectivity index (χ0v) is 15.0. The third-order valence-electron chi connectivity index (χ3n) is 3.30. The van der Waals surface area contributed by atoms with E-state index in [1.54, 1.807) is 7.05 Å². The van der Waals surface area contributed by atoms with Gasteiger partial charge in [-0.15, -0.1) is 0 Å². The lowest BCUT2D eigenvalue weighted by atomic mass is 10.1. The first-order chi connectivity index (χ1) is 10.5. The van der Waals surface area contributed by atoms with Gasteiger partial charge in [0.2, 0.25) is 0 Å². The SMILES string of the molecule is CNC(=O)Nc1cccc(I)c1COc1ccc(C)cc1C. The monoisotopic (exact) mass is 410 g/mol. The largest absolute Gasteiger partial charge is 0.489 e. The van der Waals surface area contributed by atoms with Crippen LogP contribution in [0.2, 0.25) is 0 Å². The molecule has 0 bridgehead atoms. The van der Waals surface area contributed by atoms with E-state index in [4.69, 9.17) is 4.74 Å². The summed E-state index contributed by atoms with van der Waals surface area (Å²) in [7, 11) is 1.59. The predicted octanol–water partition coefficient (Wildman–Crippen LogP) is 4.24. The van der Waals surface area contributed by atoms with Gasteiger partial charge in [-0.25, -0.2) is 4.79 Å². The average molecular weight is 410 g/mol. The molecule has 22 heavy (non-hydrogen) atoms. The van der Waals surface area contributed by atoms with Gasteiger partial charge in [-0.05, 0) is 60.2 Å². The van der Waals surface area contributed by atoms with E-state index in [2.05, 4.69) is 46.2 Å². The first-order valence-electron chi connectivity index (χ1n) is 6.97. The molecule has 0 aliphatic heterocycles. The van der Waals surface area contributed by atoms with Gasteiger partial charge in [0, 0.05) is 16.2 Å². The van der Waals surface area contributed by atoms with Crippen LogP contribution in [0.25, 0.3) is 0 Å². The van der Waals surface area contributed by atoms with Crippen molar-refractivity contribution in [3.05, 3.63) is 56.7 Å². The normalized spacial score (nSPS) is 10.2. The lowest BCUT2D eigenvalue weighted by molar-refractivity contribution is 0.254. The van der Waals surface area contributed by atoms with Gasteiger partial charge in [0.1, 0.15) is 12.4 Å². The lowest BCUT2D eigenvalue weighted by Gasteiger charge is -2.15. The van der Waals surface area contributed by atoms with Gasteiger partial charge in [-0.3, -0.25) is 0 Å². The van der Waals surface area contributed by atoms with Crippen LogP contribution in [0.4, 0.5) is 10.5 Å². The fourth-order valence-corrected chi connectivity index (χ4v) is 2.77. The van der Waals surface area contributed by atoms with Gasteiger partial charge < -0.3 is 15.4 Å². The molecule has 0 aliphatic rings. The van der Waals surface area contributed by atoms with Gasteiger partial charge in [0.25, 0.3) is 0 Å². The number of hydrogen-bond acceptors (Lipinski definition) is 2. The van der Waals surface area contributed by atoms with Crippen molar-refractivity contribution < 1.29 is 9.53 Å². The van der Waals surface area contributed by atoms with Crippen LogP contribution in [-0.2, 0) is 6.61 Å². The van der Waals surface area contributed by atoms with Crippen molar-refractivity contribution in [3.63, 3.8) is 0 Å². The molecule has 0 unspecified atom stereocenters. The minimum absolute atomic E-state index is 0.241. The fourth-order valence-electron chi connectivity index (χ4n) is 2.12. The number of hydrogen-bond donors (Lipinski definition) is 2. The molecule has 2 N–H and O–H groups in total. The Balaban J connectivity index is 2.19. The van der Waals surface area contributed by atoms with E-state index in [-0.39, 0.29) is 6.03 Å². The number of carbonyl (C=O) groups excluding carboxylic acids is 1. The van der Waals surface area contributed by atoms with Crippen LogP contribution in [0, 0.1) is 17.4 Å². The van der Waals surface area contributed by atoms with E-state index in [0.717, 1.165) is 26.1 Å². The van der Waals surface area contributed by atoms with Gasteiger partial charge in [-0.2, -0.15) is 0 Å². The average Bonchev–Trinajstić information content (AvgIpc) is 2.48. The number of anilines is 1. The zero-order chi connectivity index (χ0) is 16.1. The van der Waals surface area contributed by atoms with Crippen LogP contribution in [0.1, 0.15) is 16.7 Å². The van der Waals surface area contributed by atoms with Crippen LogP contribution in [0.3, 0.4) is 0 Å². The van der Waals surface area contributed by atoms with Crippen molar-refractivity contribution in [3.8, 4) is 5.75 Å². The van der Waals surface area contributed by atoms with E-state index in [1.165, 1.54) is 5.56 Å². The number of amides is 2. The number of urea groups is 1. The summed E-state index contributed by atoms with van der Waals surface area (Å²) in [5, 5.41) is 5.38. The Bertz CT molecular complexity index is 686. The molecule has 0 aliphatic carbocycles. The summed E-state index contributed by atoms with van der Waals surface area (Å²) in [5.41, 5.74) is 4.04. The summed E-state index contributed by atoms with van der Waals surface area (Å²) in [6, 6.07) is 11.6. The van der Waals surface area contributed by atoms with Crippen molar-refractivity contribution in [2.24, 2.45) is 0 Å². The van der Waals surface area contributed by atoms with Crippen molar-refractivity contribution in [2.45, 2.75) is 20.5 Å². The molecule has 0 saturated heterocycles. The standard InChI is InChI=1S/C17H19IN2O2/c1-11-7-8-16(12(2)9-11)22-10-13-14(18)5-4-6-15(13)20-17(21)19-3/h4-9H,10H2,1-3H3,(H2,19,20,21). The molecule has 2 aromatic rings. The van der Waals surface area contributed by atoms with Crippen molar-refractivity contribution in [1.29, 1.82) is 0 Å². The summed E-state index contributed by atoms with van der Waals surface area (Å²) in [4.78, 5) is 11.5. The third kappa shape index (κ3) is 4.13. The van der Waals surface area contributed by atoms with Crippen LogP contribution >= 0.6 is 22.6 Å². The molecule has 0 spiro atoms. The van der Waals surface area contributed by atoms with E-state index in [9.17, 15) is 4.79 Å². The number of halogens is 1. The summed E-state index contributed by atoms with van der Waals surface area (Å²) in [6.07, 6.45) is 0. The van der Waals surface area contributed by atoms with Crippen molar-refractivity contribution in [1.82, 2.24) is 5.32 Å². The minimum atomic E-state index is -0.241. The van der Waals surface area contributed by atoms with Gasteiger partial charge >= 0.3 is 6.03 Å². The first kappa shape index (κ1) is 16.6. The molecule has 5 heteroatoms. The predicted molar refractivity (Wildman–Crippen MR) is 97.5 cm³/mol. The van der Waals surface area contributed by atoms with Crippen LogP contribution < -0.4 is 15.4 Å². The molecule has 2 aromatic carbocycles. The Morgan fingerprint density at radius 2 is 2.00 bits per heavy atom. The molecular weight excluding hydrogens is 391 g/mol. The number of aryl methyl sites for hydroxylation is 2. The molecule has 116 valence electrons. The smallest absolute Gasteiger partial charge is 0.318 e. The highest BCUT2D eigenvalue weighted by molar-refractivity contribution is 14.1. The molecule has 0 atom stereocenters. The second-order valence-electron chi connectivity index (χ2n) is 5.03. The molecule has 0 fully saturated rings. The Hall–Kier alpha value is -1.76. The topological polar surface area (TPSA) is 50.4 Å². The number of benzene rings is 2. The molecule has 2 rings (SSSR count). The molecule has 4 nitrogen and oxygen atoms in total. The Kier molecular flexibility index (Phi) is 5.65. The number of ether oxygens (including phenoxy) is 1. The summed E-state index contributed by atoms with van der Waals surface area (Å²) in [6.45, 7) is 4.49. The van der Waals surface area contributed by atoms with Crippen LogP contribution in [0.5, 0.6) is 5.75 Å². The summed E-state index contributed by atoms with van der Waals surface area (Å²) >= 11 is 2.25. The molecule has 0 heterocycles. The Morgan fingerprint density at radius 3 is 2.68 bits per heavy atom. The zero-order valence-electron chi connectivity index (χ0n) is 12.9. The lowest BCUT2D eigenvalue weighted by Crippen LogP contribution is -2.25. The third-order valence-corrected chi connectivity index (χ3v) is 4.31. The molecular formula is C17H19IN2O2. The number of rotatable bonds is 4. The van der Waals surface area contributed by atoms with Crippen LogP contribution in [-0.4, -0.2) is 13.1 Å². The number of nitrogens with one attached hydrogen (secondary N) is 2. The van der Waals surface area contributed by atoms with E-state index in [1.807, 2.05) is 37.3 Å². The van der Waals surface area contributed by atoms with E-state index < -0.39 is 0 Å². The Morgan fingerprint density at radius 1 is 1.23 bits per heavy atom. The summed E-state index contributed by atoms with van der Waals surface area (Å²) in [5.74, 6) is 0.858. The van der Waals surface area contributed by atoms with Gasteiger partial charge in [-0.1, -0.05) is 23.8 Å². The highest BCUT2D eigenvalue weighted by Crippen LogP contribution is 2.25. The summed E-state index contributed by atoms with van der Waals surface area (Å²) < 4.78 is 6.99. The number of carbonyl (C=O) groups is 1. The quantitative estimate of drug-likeness (QED) is 0.741. The molecule has 0 saturated carbocycles. The van der Waals surface area contributed by atoms with Gasteiger partial charge in [0.15, 0.2) is 0 Å².